The second-order valence-corrected chi connectivity index (χ2v) is 8.26. The van der Waals surface area contributed by atoms with E-state index in [9.17, 15) is 19.2 Å². The van der Waals surface area contributed by atoms with Gasteiger partial charge in [0.25, 0.3) is 0 Å². The number of ether oxygens (including phenoxy) is 3. The van der Waals surface area contributed by atoms with Crippen LogP contribution < -0.4 is 15.4 Å². The summed E-state index contributed by atoms with van der Waals surface area (Å²) in [6.07, 6.45) is 3.34. The van der Waals surface area contributed by atoms with Gasteiger partial charge in [-0.1, -0.05) is 30.3 Å². The van der Waals surface area contributed by atoms with Crippen molar-refractivity contribution in [1.82, 2.24) is 9.78 Å². The van der Waals surface area contributed by atoms with Gasteiger partial charge in [-0.05, 0) is 17.7 Å². The van der Waals surface area contributed by atoms with Gasteiger partial charge in [-0.3, -0.25) is 9.58 Å². The lowest BCUT2D eigenvalue weighted by Gasteiger charge is -2.36. The first-order chi connectivity index (χ1) is 18.3. The van der Waals surface area contributed by atoms with E-state index in [-0.39, 0.29) is 40.7 Å². The molecule has 0 saturated heterocycles. The van der Waals surface area contributed by atoms with Crippen molar-refractivity contribution in [1.29, 1.82) is 5.26 Å². The summed E-state index contributed by atoms with van der Waals surface area (Å²) >= 11 is 0. The van der Waals surface area contributed by atoms with Gasteiger partial charge in [0.1, 0.15) is 29.7 Å². The number of carbonyl (C=O) groups is 2. The third-order valence-electron chi connectivity index (χ3n) is 5.92. The van der Waals surface area contributed by atoms with Crippen molar-refractivity contribution in [2.45, 2.75) is 12.5 Å². The largest absolute Gasteiger partial charge is 0.487 e. The summed E-state index contributed by atoms with van der Waals surface area (Å²) in [5, 5.41) is 14.3. The Morgan fingerprint density at radius 2 is 1.84 bits per heavy atom. The average molecular weight is 518 g/mol. The lowest BCUT2D eigenvalue weighted by Crippen LogP contribution is -2.41. The van der Waals surface area contributed by atoms with Crippen molar-refractivity contribution in [3.8, 4) is 11.8 Å². The number of anilines is 1. The second kappa shape index (κ2) is 10.9. The number of halogens is 1. The number of nitriles is 1. The van der Waals surface area contributed by atoms with Crippen molar-refractivity contribution in [3.63, 3.8) is 0 Å². The molecule has 194 valence electrons. The summed E-state index contributed by atoms with van der Waals surface area (Å²) in [7, 11) is 4.03. The molecule has 2 heterocycles. The highest BCUT2D eigenvalue weighted by Crippen LogP contribution is 2.45. The van der Waals surface area contributed by atoms with Crippen LogP contribution in [-0.2, 0) is 32.7 Å². The van der Waals surface area contributed by atoms with Crippen LogP contribution in [0.25, 0.3) is 0 Å². The summed E-state index contributed by atoms with van der Waals surface area (Å²) in [4.78, 5) is 27.5. The average Bonchev–Trinajstić information content (AvgIpc) is 3.36. The van der Waals surface area contributed by atoms with Crippen LogP contribution in [0, 0.1) is 17.1 Å². The summed E-state index contributed by atoms with van der Waals surface area (Å²) in [6, 6.07) is 14.2. The topological polar surface area (TPSA) is 133 Å². The molecule has 38 heavy (non-hydrogen) atoms. The van der Waals surface area contributed by atoms with E-state index >= 15 is 0 Å². The van der Waals surface area contributed by atoms with Gasteiger partial charge in [-0.15, -0.1) is 0 Å². The molecule has 0 fully saturated rings. The minimum Gasteiger partial charge on any atom is -0.487 e. The minimum absolute atomic E-state index is 0.0209. The zero-order valence-electron chi connectivity index (χ0n) is 20.8. The maximum atomic E-state index is 14.6. The predicted molar refractivity (Wildman–Crippen MR) is 133 cm³/mol. The molecule has 10 nitrogen and oxygen atoms in total. The van der Waals surface area contributed by atoms with Gasteiger partial charge in [-0.2, -0.15) is 10.4 Å². The van der Waals surface area contributed by atoms with Crippen LogP contribution in [0.2, 0.25) is 0 Å². The molecule has 0 saturated carbocycles. The number of hydrogen-bond donors (Lipinski definition) is 1. The van der Waals surface area contributed by atoms with Crippen molar-refractivity contribution in [2.24, 2.45) is 12.8 Å². The maximum absolute atomic E-state index is 14.6. The molecule has 2 N–H and O–H groups in total. The number of nitrogens with two attached hydrogens (primary N) is 1. The second-order valence-electron chi connectivity index (χ2n) is 8.26. The van der Waals surface area contributed by atoms with Crippen LogP contribution in [0.3, 0.4) is 0 Å². The van der Waals surface area contributed by atoms with Gasteiger partial charge >= 0.3 is 11.9 Å². The fourth-order valence-electron chi connectivity index (χ4n) is 4.26. The Hall–Kier alpha value is -5.11. The number of aromatic nitrogens is 2. The first-order valence-corrected chi connectivity index (χ1v) is 11.4. The Morgan fingerprint density at radius 1 is 1.13 bits per heavy atom. The zero-order valence-corrected chi connectivity index (χ0v) is 20.8. The predicted octanol–water partition coefficient (Wildman–Crippen LogP) is 3.04. The summed E-state index contributed by atoms with van der Waals surface area (Å²) in [5.74, 6) is -3.64. The molecule has 11 heteroatoms. The van der Waals surface area contributed by atoms with Crippen LogP contribution in [0.4, 0.5) is 10.1 Å². The fraction of sp³-hybridized carbons (Fsp3) is 0.185. The lowest BCUT2D eigenvalue weighted by atomic mass is 9.81. The molecular weight excluding hydrogens is 493 g/mol. The molecule has 0 amide bonds. The molecule has 0 aliphatic carbocycles. The molecule has 3 aromatic rings. The number of methoxy groups -OCH3 is 2. The quantitative estimate of drug-likeness (QED) is 0.470. The molecular formula is C27H24FN5O5. The van der Waals surface area contributed by atoms with Gasteiger partial charge in [-0.25, -0.2) is 14.0 Å². The van der Waals surface area contributed by atoms with Gasteiger partial charge in [0.2, 0.25) is 0 Å². The molecule has 0 spiro atoms. The molecule has 1 unspecified atom stereocenters. The number of aryl methyl sites for hydroxylation is 1. The third kappa shape index (κ3) is 4.79. The van der Waals surface area contributed by atoms with Crippen LogP contribution in [0.15, 0.2) is 83.6 Å². The number of benzene rings is 2. The van der Waals surface area contributed by atoms with E-state index in [1.807, 2.05) is 0 Å². The van der Waals surface area contributed by atoms with Crippen LogP contribution in [0.1, 0.15) is 17.0 Å². The highest BCUT2D eigenvalue weighted by Gasteiger charge is 2.43. The zero-order chi connectivity index (χ0) is 27.4. The summed E-state index contributed by atoms with van der Waals surface area (Å²) in [6.45, 7) is 0.0583. The molecule has 2 aromatic carbocycles. The van der Waals surface area contributed by atoms with Crippen LogP contribution in [0.5, 0.6) is 5.75 Å². The first-order valence-electron chi connectivity index (χ1n) is 11.4. The van der Waals surface area contributed by atoms with Crippen molar-refractivity contribution in [2.75, 3.05) is 19.1 Å². The van der Waals surface area contributed by atoms with E-state index in [0.29, 0.717) is 5.56 Å². The highest BCUT2D eigenvalue weighted by atomic mass is 19.1. The number of carbonyl (C=O) groups excluding carboxylic acids is 2. The molecule has 0 bridgehead atoms. The fourth-order valence-corrected chi connectivity index (χ4v) is 4.26. The van der Waals surface area contributed by atoms with Gasteiger partial charge < -0.3 is 19.9 Å². The molecule has 1 aliphatic rings. The number of nitrogens with zero attached hydrogens (tertiary/aromatic N) is 4. The van der Waals surface area contributed by atoms with Gasteiger partial charge in [0.15, 0.2) is 0 Å². The van der Waals surface area contributed by atoms with E-state index in [4.69, 9.17) is 19.9 Å². The third-order valence-corrected chi connectivity index (χ3v) is 5.92. The Kier molecular flexibility index (Phi) is 7.43. The van der Waals surface area contributed by atoms with Crippen molar-refractivity contribution in [3.05, 3.63) is 101 Å². The van der Waals surface area contributed by atoms with Crippen LogP contribution in [-0.4, -0.2) is 35.9 Å². The molecule has 1 atom stereocenters. The number of esters is 2. The maximum Gasteiger partial charge on any atom is 0.355 e. The summed E-state index contributed by atoms with van der Waals surface area (Å²) in [5.41, 5.74) is 7.15. The Labute approximate surface area is 217 Å². The van der Waals surface area contributed by atoms with E-state index < -0.39 is 23.7 Å². The lowest BCUT2D eigenvalue weighted by molar-refractivity contribution is -0.139. The van der Waals surface area contributed by atoms with Gasteiger partial charge in [0, 0.05) is 24.9 Å². The van der Waals surface area contributed by atoms with Gasteiger partial charge in [0.05, 0.1) is 49.2 Å². The first kappa shape index (κ1) is 26.0. The number of rotatable bonds is 7. The number of hydrogen-bond acceptors (Lipinski definition) is 9. The van der Waals surface area contributed by atoms with Crippen molar-refractivity contribution < 1.29 is 28.2 Å². The standard InChI is InChI=1S/C27H24FN5O5/c1-32-14-16(13-31-32)15-38-21-10-9-18(28)11-20(21)33-24(27(35)37-3)23(26(34)36-2)22(19(12-29)25(33)30)17-7-5-4-6-8-17/h4-11,13-14,22H,15,30H2,1-3H3. The van der Waals surface area contributed by atoms with Crippen LogP contribution >= 0.6 is 0 Å². The Bertz CT molecular complexity index is 1490. The smallest absolute Gasteiger partial charge is 0.355 e. The normalized spacial score (nSPS) is 15.2. The monoisotopic (exact) mass is 517 g/mol. The SMILES string of the molecule is COC(=O)C1=C(C(=O)OC)N(c2cc(F)ccc2OCc2cnn(C)c2)C(N)=C(C#N)C1c1ccccc1. The molecule has 1 aromatic heterocycles. The molecule has 1 aliphatic heterocycles. The molecule has 4 rings (SSSR count). The van der Waals surface area contributed by atoms with E-state index in [1.54, 1.807) is 54.5 Å². The minimum atomic E-state index is -1.05. The highest BCUT2D eigenvalue weighted by molar-refractivity contribution is 6.06. The summed E-state index contributed by atoms with van der Waals surface area (Å²) < 4.78 is 32.2. The van der Waals surface area contributed by atoms with E-state index in [2.05, 4.69) is 11.2 Å². The van der Waals surface area contributed by atoms with E-state index in [1.165, 1.54) is 12.1 Å². The van der Waals surface area contributed by atoms with Crippen molar-refractivity contribution >= 4 is 17.6 Å². The Balaban J connectivity index is 1.97. The number of allylic oxidation sites excluding steroid dienone is 1. The Morgan fingerprint density at radius 3 is 2.45 bits per heavy atom. The molecule has 0 radical (unpaired) electrons. The van der Waals surface area contributed by atoms with E-state index in [0.717, 1.165) is 30.7 Å².